The molecule has 0 spiro atoms. The minimum atomic E-state index is -1.07. The Balaban J connectivity index is 0.989. The lowest BCUT2D eigenvalue weighted by molar-refractivity contribution is -0.136. The highest BCUT2D eigenvalue weighted by Gasteiger charge is 2.45. The van der Waals surface area contributed by atoms with Crippen molar-refractivity contribution in [3.05, 3.63) is 29.3 Å². The fourth-order valence-electron chi connectivity index (χ4n) is 6.05. The van der Waals surface area contributed by atoms with E-state index in [1.807, 2.05) is 0 Å². The van der Waals surface area contributed by atoms with E-state index in [4.69, 9.17) is 52.1 Å². The van der Waals surface area contributed by atoms with Gasteiger partial charge in [0.25, 0.3) is 11.8 Å². The van der Waals surface area contributed by atoms with E-state index in [-0.39, 0.29) is 42.0 Å². The van der Waals surface area contributed by atoms with E-state index in [0.717, 1.165) is 37.2 Å². The summed E-state index contributed by atoms with van der Waals surface area (Å²) in [5.74, 6) is -2.72. The number of piperidine rings is 1. The van der Waals surface area contributed by atoms with Crippen LogP contribution in [-0.4, -0.2) is 186 Å². The van der Waals surface area contributed by atoms with Gasteiger partial charge in [-0.1, -0.05) is 25.8 Å². The molecule has 19 heteroatoms. The zero-order valence-corrected chi connectivity index (χ0v) is 36.5. The number of nitrogens with one attached hydrogen (secondary N) is 2. The van der Waals surface area contributed by atoms with Crippen molar-refractivity contribution in [1.82, 2.24) is 10.2 Å². The second-order valence-electron chi connectivity index (χ2n) is 14.1. The molecular formula is C43H69N3O16. The number of carbonyl (C=O) groups is 5. The van der Waals surface area contributed by atoms with Crippen LogP contribution >= 0.6 is 0 Å². The van der Waals surface area contributed by atoms with E-state index in [2.05, 4.69) is 17.6 Å². The molecule has 0 bridgehead atoms. The maximum atomic E-state index is 13.2. The first-order valence-electron chi connectivity index (χ1n) is 21.9. The minimum Gasteiger partial charge on any atom is -0.379 e. The average Bonchev–Trinajstić information content (AvgIpc) is 3.52. The van der Waals surface area contributed by atoms with Crippen LogP contribution in [0, 0.1) is 0 Å². The van der Waals surface area contributed by atoms with E-state index in [9.17, 15) is 24.0 Å². The highest BCUT2D eigenvalue weighted by Crippen LogP contribution is 2.32. The summed E-state index contributed by atoms with van der Waals surface area (Å²) in [6.45, 7) is 13.4. The molecular weight excluding hydrogens is 814 g/mol. The Morgan fingerprint density at radius 2 is 0.984 bits per heavy atom. The first-order valence-corrected chi connectivity index (χ1v) is 21.9. The predicted molar refractivity (Wildman–Crippen MR) is 224 cm³/mol. The highest BCUT2D eigenvalue weighted by atomic mass is 16.6. The molecule has 1 fully saturated rings. The van der Waals surface area contributed by atoms with Crippen LogP contribution in [0.15, 0.2) is 18.2 Å². The molecule has 3 rings (SSSR count). The minimum absolute atomic E-state index is 0.0278. The average molecular weight is 884 g/mol. The first-order chi connectivity index (χ1) is 30.4. The smallest absolute Gasteiger partial charge is 0.264 e. The monoisotopic (exact) mass is 883 g/mol. The quantitative estimate of drug-likeness (QED) is 0.0714. The fraction of sp³-hybridized carbons (Fsp3) is 0.744. The van der Waals surface area contributed by atoms with E-state index in [1.54, 1.807) is 12.1 Å². The number of imide groups is 2. The summed E-state index contributed by atoms with van der Waals surface area (Å²) in [7, 11) is 0. The number of ether oxygens (including phenoxy) is 11. The molecule has 0 aromatic heterocycles. The van der Waals surface area contributed by atoms with Crippen molar-refractivity contribution >= 4 is 35.2 Å². The van der Waals surface area contributed by atoms with Crippen molar-refractivity contribution in [1.29, 1.82) is 0 Å². The number of benzene rings is 1. The third kappa shape index (κ3) is 22.8. The van der Waals surface area contributed by atoms with E-state index < -0.39 is 29.7 Å². The van der Waals surface area contributed by atoms with Gasteiger partial charge >= 0.3 is 0 Å². The Labute approximate surface area is 365 Å². The van der Waals surface area contributed by atoms with Crippen molar-refractivity contribution < 1.29 is 76.1 Å². The summed E-state index contributed by atoms with van der Waals surface area (Å²) < 4.78 is 60.4. The van der Waals surface area contributed by atoms with Gasteiger partial charge in [0.05, 0.1) is 149 Å². The standard InChI is InChI=1S/C43H69N3O16/c1-2-3-13-52-15-17-54-19-21-56-23-25-58-27-29-60-31-33-62-34-32-61-30-28-59-26-24-57-22-20-55-18-16-53-14-6-4-5-10-38(47)44-36-9-7-8-35-40(36)43(51)46(42(35)50)37-11-12-39(48)45-41(37)49/h7-9,37H,2-6,10-34H2,1H3,(H,44,47)(H,45,48,49). The number of hydrogen-bond donors (Lipinski definition) is 2. The van der Waals surface area contributed by atoms with Gasteiger partial charge in [-0.15, -0.1) is 0 Å². The summed E-state index contributed by atoms with van der Waals surface area (Å²) in [6, 6.07) is 3.53. The van der Waals surface area contributed by atoms with Crippen LogP contribution in [0.25, 0.3) is 0 Å². The molecule has 1 atom stereocenters. The zero-order valence-electron chi connectivity index (χ0n) is 36.5. The van der Waals surface area contributed by atoms with E-state index in [0.29, 0.717) is 145 Å². The SMILES string of the molecule is CCCCOCCOCCOCCOCCOCCOCCOCCOCCOCCOCCOCCCCCC(=O)Nc1cccc2c1C(=O)N(C1CCC(=O)NC1=O)C2=O. The van der Waals surface area contributed by atoms with Crippen molar-refractivity contribution in [2.24, 2.45) is 0 Å². The number of rotatable bonds is 41. The number of nitrogens with zero attached hydrogens (tertiary/aromatic N) is 1. The van der Waals surface area contributed by atoms with Crippen molar-refractivity contribution in [3.63, 3.8) is 0 Å². The van der Waals surface area contributed by atoms with Gasteiger partial charge in [-0.25, -0.2) is 0 Å². The number of carbonyl (C=O) groups excluding carboxylic acids is 5. The zero-order chi connectivity index (χ0) is 44.3. The summed E-state index contributed by atoms with van der Waals surface area (Å²) in [4.78, 5) is 63.6. The predicted octanol–water partition coefficient (Wildman–Crippen LogP) is 2.57. The topological polar surface area (TPSA) is 214 Å². The largest absolute Gasteiger partial charge is 0.379 e. The lowest BCUT2D eigenvalue weighted by atomic mass is 10.0. The Bertz CT molecular complexity index is 1420. The molecule has 5 amide bonds. The molecule has 2 aliphatic rings. The molecule has 19 nitrogen and oxygen atoms in total. The van der Waals surface area contributed by atoms with Gasteiger partial charge in [0.15, 0.2) is 0 Å². The van der Waals surface area contributed by atoms with Gasteiger partial charge in [-0.2, -0.15) is 0 Å². The lowest BCUT2D eigenvalue weighted by Crippen LogP contribution is -2.54. The molecule has 0 radical (unpaired) electrons. The summed E-state index contributed by atoms with van der Waals surface area (Å²) in [5.41, 5.74) is 0.382. The highest BCUT2D eigenvalue weighted by molar-refractivity contribution is 6.26. The number of hydrogen-bond acceptors (Lipinski definition) is 16. The molecule has 1 aromatic carbocycles. The van der Waals surface area contributed by atoms with Gasteiger partial charge in [0, 0.05) is 26.1 Å². The third-order valence-electron chi connectivity index (χ3n) is 9.30. The molecule has 352 valence electrons. The Kier molecular flexibility index (Phi) is 29.8. The van der Waals surface area contributed by atoms with Crippen LogP contribution in [0.2, 0.25) is 0 Å². The molecule has 2 N–H and O–H groups in total. The molecule has 2 aliphatic heterocycles. The van der Waals surface area contributed by atoms with Crippen LogP contribution < -0.4 is 10.6 Å². The van der Waals surface area contributed by atoms with E-state index >= 15 is 0 Å². The Morgan fingerprint density at radius 3 is 1.40 bits per heavy atom. The molecule has 0 aliphatic carbocycles. The van der Waals surface area contributed by atoms with Crippen LogP contribution in [0.1, 0.15) is 79.0 Å². The van der Waals surface area contributed by atoms with Gasteiger partial charge < -0.3 is 57.4 Å². The van der Waals surface area contributed by atoms with Crippen LogP contribution in [-0.2, 0) is 66.5 Å². The maximum Gasteiger partial charge on any atom is 0.264 e. The van der Waals surface area contributed by atoms with Gasteiger partial charge in [-0.3, -0.25) is 34.2 Å². The van der Waals surface area contributed by atoms with Crippen LogP contribution in [0.3, 0.4) is 0 Å². The van der Waals surface area contributed by atoms with Crippen molar-refractivity contribution in [2.45, 2.75) is 64.3 Å². The molecule has 62 heavy (non-hydrogen) atoms. The van der Waals surface area contributed by atoms with Crippen molar-refractivity contribution in [3.8, 4) is 0 Å². The Morgan fingerprint density at radius 1 is 0.565 bits per heavy atom. The van der Waals surface area contributed by atoms with Gasteiger partial charge in [0.2, 0.25) is 17.7 Å². The fourth-order valence-corrected chi connectivity index (χ4v) is 6.05. The second-order valence-corrected chi connectivity index (χ2v) is 14.1. The first kappa shape index (κ1) is 52.9. The number of anilines is 1. The third-order valence-corrected chi connectivity index (χ3v) is 9.30. The molecule has 2 heterocycles. The van der Waals surface area contributed by atoms with Crippen molar-refractivity contribution in [2.75, 3.05) is 151 Å². The van der Waals surface area contributed by atoms with E-state index in [1.165, 1.54) is 6.07 Å². The molecule has 1 unspecified atom stereocenters. The number of fused-ring (bicyclic) bond motifs is 1. The summed E-state index contributed by atoms with van der Waals surface area (Å²) in [6.07, 6.45) is 4.66. The normalized spacial score (nSPS) is 15.1. The summed E-state index contributed by atoms with van der Waals surface area (Å²) >= 11 is 0. The lowest BCUT2D eigenvalue weighted by Gasteiger charge is -2.27. The molecule has 1 saturated heterocycles. The Hall–Kier alpha value is -3.47. The summed E-state index contributed by atoms with van der Waals surface area (Å²) in [5, 5.41) is 4.91. The molecule has 0 saturated carbocycles. The van der Waals surface area contributed by atoms with Crippen LogP contribution in [0.5, 0.6) is 0 Å². The van der Waals surface area contributed by atoms with Gasteiger partial charge in [-0.05, 0) is 37.8 Å². The number of unbranched alkanes of at least 4 members (excludes halogenated alkanes) is 3. The van der Waals surface area contributed by atoms with Crippen LogP contribution in [0.4, 0.5) is 5.69 Å². The van der Waals surface area contributed by atoms with Gasteiger partial charge in [0.1, 0.15) is 6.04 Å². The molecule has 1 aromatic rings. The number of amides is 5. The second kappa shape index (κ2) is 34.9. The maximum absolute atomic E-state index is 13.2.